The van der Waals surface area contributed by atoms with E-state index in [1.54, 1.807) is 25.1 Å². The summed E-state index contributed by atoms with van der Waals surface area (Å²) in [5.74, 6) is 1.71. The van der Waals surface area contributed by atoms with Crippen molar-refractivity contribution < 1.29 is 18.0 Å². The molecule has 9 heteroatoms. The Hall–Kier alpha value is -2.58. The second kappa shape index (κ2) is 12.6. The SMILES string of the molecule is CCCCNC(=O)[C@H](C)N(Cc1cccc(Cl)c1)C(=O)CN(c1ccc(C23CC4CC(CC(C4)C2)C3)cc1)S(C)(=O)=O. The summed E-state index contributed by atoms with van der Waals surface area (Å²) in [5, 5.41) is 3.43. The van der Waals surface area contributed by atoms with Gasteiger partial charge in [-0.25, -0.2) is 8.42 Å². The Labute approximate surface area is 256 Å². The van der Waals surface area contributed by atoms with Crippen molar-refractivity contribution in [1.82, 2.24) is 10.2 Å². The highest BCUT2D eigenvalue weighted by Crippen LogP contribution is 2.60. The average Bonchev–Trinajstić information content (AvgIpc) is 2.93. The fraction of sp³-hybridized carbons (Fsp3) is 0.576. The van der Waals surface area contributed by atoms with E-state index in [1.165, 1.54) is 49.0 Å². The van der Waals surface area contributed by atoms with Crippen molar-refractivity contribution in [3.8, 4) is 0 Å². The minimum Gasteiger partial charge on any atom is -0.354 e. The lowest BCUT2D eigenvalue weighted by molar-refractivity contribution is -0.139. The molecule has 4 saturated carbocycles. The Morgan fingerprint density at radius 2 is 1.64 bits per heavy atom. The van der Waals surface area contributed by atoms with Crippen LogP contribution in [0.3, 0.4) is 0 Å². The number of halogens is 1. The van der Waals surface area contributed by atoms with E-state index in [9.17, 15) is 18.0 Å². The number of carbonyl (C=O) groups is 2. The van der Waals surface area contributed by atoms with Gasteiger partial charge in [-0.2, -0.15) is 0 Å². The largest absolute Gasteiger partial charge is 0.354 e. The molecule has 0 heterocycles. The summed E-state index contributed by atoms with van der Waals surface area (Å²) in [6.07, 6.45) is 10.7. The molecular formula is C33H44ClN3O4S. The summed E-state index contributed by atoms with van der Waals surface area (Å²) < 4.78 is 27.2. The van der Waals surface area contributed by atoms with Crippen molar-refractivity contribution in [2.75, 3.05) is 23.7 Å². The Kier molecular flexibility index (Phi) is 9.24. The van der Waals surface area contributed by atoms with Crippen LogP contribution in [0, 0.1) is 17.8 Å². The first-order chi connectivity index (χ1) is 20.0. The molecule has 6 rings (SSSR count). The van der Waals surface area contributed by atoms with Gasteiger partial charge in [-0.15, -0.1) is 0 Å². The summed E-state index contributed by atoms with van der Waals surface area (Å²) >= 11 is 6.20. The van der Waals surface area contributed by atoms with Gasteiger partial charge in [0.2, 0.25) is 21.8 Å². The Morgan fingerprint density at radius 1 is 1.02 bits per heavy atom. The quantitative estimate of drug-likeness (QED) is 0.302. The standard InChI is InChI=1S/C33H44ClN3O4S/c1-4-5-13-35-32(39)23(2)36(21-24-7-6-8-29(34)17-24)31(38)22-37(42(3,40)41)30-11-9-28(10-12-30)33-18-25-14-26(19-33)16-27(15-25)20-33/h6-12,17,23,25-27H,4-5,13-16,18-22H2,1-3H3,(H,35,39)/t23-,25?,26?,27?,33?/m0/s1. The third kappa shape index (κ3) is 6.80. The van der Waals surface area contributed by atoms with E-state index in [0.717, 1.165) is 46.7 Å². The lowest BCUT2D eigenvalue weighted by Gasteiger charge is -2.57. The van der Waals surface area contributed by atoms with E-state index in [4.69, 9.17) is 11.6 Å². The molecule has 4 bridgehead atoms. The van der Waals surface area contributed by atoms with Crippen LogP contribution in [0.1, 0.15) is 76.3 Å². The van der Waals surface area contributed by atoms with Crippen molar-refractivity contribution in [2.24, 2.45) is 17.8 Å². The number of sulfonamides is 1. The zero-order chi connectivity index (χ0) is 30.1. The molecule has 4 aliphatic rings. The molecule has 7 nitrogen and oxygen atoms in total. The first-order valence-corrected chi connectivity index (χ1v) is 17.6. The van der Waals surface area contributed by atoms with Gasteiger partial charge in [0.05, 0.1) is 11.9 Å². The Bertz CT molecular complexity index is 1360. The molecule has 1 N–H and O–H groups in total. The molecule has 42 heavy (non-hydrogen) atoms. The summed E-state index contributed by atoms with van der Waals surface area (Å²) in [4.78, 5) is 28.3. The molecule has 228 valence electrons. The average molecular weight is 614 g/mol. The summed E-state index contributed by atoms with van der Waals surface area (Å²) in [6, 6.07) is 14.2. The minimum atomic E-state index is -3.78. The van der Waals surface area contributed by atoms with Crippen LogP contribution in [-0.2, 0) is 31.6 Å². The van der Waals surface area contributed by atoms with Crippen LogP contribution in [0.25, 0.3) is 0 Å². The highest BCUT2D eigenvalue weighted by Gasteiger charge is 2.51. The van der Waals surface area contributed by atoms with Gasteiger partial charge in [-0.05, 0) is 110 Å². The summed E-state index contributed by atoms with van der Waals surface area (Å²) in [5.41, 5.74) is 2.72. The number of carbonyl (C=O) groups excluding carboxylic acids is 2. The van der Waals surface area contributed by atoms with Gasteiger partial charge in [0.1, 0.15) is 12.6 Å². The smallest absolute Gasteiger partial charge is 0.244 e. The molecule has 0 radical (unpaired) electrons. The van der Waals surface area contributed by atoms with E-state index in [2.05, 4.69) is 17.4 Å². The normalized spacial score (nSPS) is 25.2. The number of anilines is 1. The monoisotopic (exact) mass is 613 g/mol. The van der Waals surface area contributed by atoms with Crippen LogP contribution < -0.4 is 9.62 Å². The summed E-state index contributed by atoms with van der Waals surface area (Å²) in [6.45, 7) is 3.96. The zero-order valence-electron chi connectivity index (χ0n) is 25.0. The maximum Gasteiger partial charge on any atom is 0.244 e. The van der Waals surface area contributed by atoms with Gasteiger partial charge >= 0.3 is 0 Å². The van der Waals surface area contributed by atoms with Gasteiger partial charge in [0, 0.05) is 18.1 Å². The Morgan fingerprint density at radius 3 is 2.19 bits per heavy atom. The van der Waals surface area contributed by atoms with Crippen molar-refractivity contribution >= 4 is 39.1 Å². The van der Waals surface area contributed by atoms with Crippen molar-refractivity contribution in [1.29, 1.82) is 0 Å². The van der Waals surface area contributed by atoms with Crippen molar-refractivity contribution in [3.05, 3.63) is 64.7 Å². The fourth-order valence-corrected chi connectivity index (χ4v) is 9.07. The number of amides is 2. The molecule has 0 unspecified atom stereocenters. The van der Waals surface area contributed by atoms with E-state index in [1.807, 2.05) is 25.1 Å². The molecule has 4 aliphatic carbocycles. The summed E-state index contributed by atoms with van der Waals surface area (Å²) in [7, 11) is -3.78. The molecule has 0 saturated heterocycles. The van der Waals surface area contributed by atoms with Gasteiger partial charge in [-0.1, -0.05) is 49.2 Å². The van der Waals surface area contributed by atoms with Crippen LogP contribution in [0.4, 0.5) is 5.69 Å². The van der Waals surface area contributed by atoms with E-state index in [-0.39, 0.29) is 17.9 Å². The highest BCUT2D eigenvalue weighted by atomic mass is 35.5. The molecule has 2 amide bonds. The van der Waals surface area contributed by atoms with E-state index in [0.29, 0.717) is 17.3 Å². The number of hydrogen-bond donors (Lipinski definition) is 1. The molecule has 4 fully saturated rings. The van der Waals surface area contributed by atoms with Crippen molar-refractivity contribution in [2.45, 2.75) is 83.2 Å². The lowest BCUT2D eigenvalue weighted by Crippen LogP contribution is -2.51. The van der Waals surface area contributed by atoms with Crippen LogP contribution >= 0.6 is 11.6 Å². The predicted molar refractivity (Wildman–Crippen MR) is 168 cm³/mol. The molecule has 0 aliphatic heterocycles. The van der Waals surface area contributed by atoms with Crippen LogP contribution in [0.5, 0.6) is 0 Å². The van der Waals surface area contributed by atoms with Crippen molar-refractivity contribution in [3.63, 3.8) is 0 Å². The predicted octanol–water partition coefficient (Wildman–Crippen LogP) is 5.91. The highest BCUT2D eigenvalue weighted by molar-refractivity contribution is 7.92. The van der Waals surface area contributed by atoms with Gasteiger partial charge in [0.15, 0.2) is 0 Å². The first-order valence-electron chi connectivity index (χ1n) is 15.4. The number of unbranched alkanes of at least 4 members (excludes halogenated alkanes) is 1. The molecule has 0 aromatic heterocycles. The van der Waals surface area contributed by atoms with Crippen LogP contribution in [0.2, 0.25) is 5.02 Å². The number of nitrogens with one attached hydrogen (secondary N) is 1. The third-order valence-corrected chi connectivity index (χ3v) is 11.1. The number of nitrogens with zero attached hydrogens (tertiary/aromatic N) is 2. The second-order valence-corrected chi connectivity index (χ2v) is 15.3. The number of hydrogen-bond acceptors (Lipinski definition) is 4. The van der Waals surface area contributed by atoms with Gasteiger partial charge in [0.25, 0.3) is 0 Å². The maximum atomic E-state index is 13.8. The molecule has 2 aromatic rings. The minimum absolute atomic E-state index is 0.129. The van der Waals surface area contributed by atoms with Crippen LogP contribution in [-0.4, -0.2) is 50.5 Å². The maximum absolute atomic E-state index is 13.8. The second-order valence-electron chi connectivity index (χ2n) is 13.0. The molecule has 0 spiro atoms. The zero-order valence-corrected chi connectivity index (χ0v) is 26.6. The lowest BCUT2D eigenvalue weighted by atomic mass is 9.48. The third-order valence-electron chi connectivity index (χ3n) is 9.72. The number of benzene rings is 2. The Balaban J connectivity index is 1.37. The molecule has 2 aromatic carbocycles. The fourth-order valence-electron chi connectivity index (χ4n) is 8.01. The molecular weight excluding hydrogens is 570 g/mol. The first kappa shape index (κ1) is 30.9. The topological polar surface area (TPSA) is 86.8 Å². The van der Waals surface area contributed by atoms with Gasteiger partial charge < -0.3 is 10.2 Å². The van der Waals surface area contributed by atoms with E-state index >= 15 is 0 Å². The molecule has 1 atom stereocenters. The van der Waals surface area contributed by atoms with E-state index < -0.39 is 28.5 Å². The number of rotatable bonds is 12. The van der Waals surface area contributed by atoms with Gasteiger partial charge in [-0.3, -0.25) is 13.9 Å². The van der Waals surface area contributed by atoms with Crippen LogP contribution in [0.15, 0.2) is 48.5 Å².